The van der Waals surface area contributed by atoms with Crippen molar-refractivity contribution >= 4 is 28.1 Å². The van der Waals surface area contributed by atoms with Gasteiger partial charge in [-0.3, -0.25) is 0 Å². The molecule has 0 radical (unpaired) electrons. The fourth-order valence-electron chi connectivity index (χ4n) is 0.873. The molecule has 5 heteroatoms. The summed E-state index contributed by atoms with van der Waals surface area (Å²) in [5.74, 6) is 0.932. The van der Waals surface area contributed by atoms with Crippen LogP contribution in [0.5, 0.6) is 0 Å². The van der Waals surface area contributed by atoms with Crippen molar-refractivity contribution in [3.05, 3.63) is 21.1 Å². The molecule has 0 saturated heterocycles. The Morgan fingerprint density at radius 2 is 2.31 bits per heavy atom. The molecule has 0 unspecified atom stereocenters. The van der Waals surface area contributed by atoms with Gasteiger partial charge in [-0.05, 0) is 30.0 Å². The minimum Gasteiger partial charge on any atom is -0.334 e. The van der Waals surface area contributed by atoms with Gasteiger partial charge in [0.15, 0.2) is 0 Å². The Kier molecular flexibility index (Phi) is 4.02. The summed E-state index contributed by atoms with van der Waals surface area (Å²) in [5, 5.41) is 0. The van der Waals surface area contributed by atoms with Gasteiger partial charge in [0, 0.05) is 19.2 Å². The summed E-state index contributed by atoms with van der Waals surface area (Å²) in [7, 11) is 4.07. The SMILES string of the molecule is CN(C)CCc1ncc(Br)c(=S)[nH]1. The number of aromatic amines is 1. The Morgan fingerprint density at radius 1 is 1.62 bits per heavy atom. The zero-order valence-electron chi connectivity index (χ0n) is 7.67. The van der Waals surface area contributed by atoms with E-state index in [9.17, 15) is 0 Å². The van der Waals surface area contributed by atoms with Crippen molar-refractivity contribution in [2.45, 2.75) is 6.42 Å². The lowest BCUT2D eigenvalue weighted by Crippen LogP contribution is -2.16. The second-order valence-electron chi connectivity index (χ2n) is 3.06. The van der Waals surface area contributed by atoms with Gasteiger partial charge in [-0.15, -0.1) is 0 Å². The largest absolute Gasteiger partial charge is 0.334 e. The first-order valence-electron chi connectivity index (χ1n) is 3.98. The Morgan fingerprint density at radius 3 is 2.85 bits per heavy atom. The molecule has 0 aliphatic heterocycles. The molecule has 1 heterocycles. The van der Waals surface area contributed by atoms with E-state index < -0.39 is 0 Å². The fourth-order valence-corrected chi connectivity index (χ4v) is 1.24. The normalized spacial score (nSPS) is 10.8. The van der Waals surface area contributed by atoms with Crippen LogP contribution < -0.4 is 0 Å². The molecular formula is C8H12BrN3S. The Bertz CT molecular complexity index is 334. The molecule has 13 heavy (non-hydrogen) atoms. The molecular weight excluding hydrogens is 250 g/mol. The molecule has 1 rings (SSSR count). The van der Waals surface area contributed by atoms with Gasteiger partial charge < -0.3 is 9.88 Å². The first-order valence-corrected chi connectivity index (χ1v) is 5.18. The average Bonchev–Trinajstić information content (AvgIpc) is 2.07. The number of rotatable bonds is 3. The maximum absolute atomic E-state index is 5.06. The van der Waals surface area contributed by atoms with Gasteiger partial charge in [0.25, 0.3) is 0 Å². The molecule has 1 N–H and O–H groups in total. The molecule has 0 aromatic carbocycles. The highest BCUT2D eigenvalue weighted by Gasteiger charge is 1.97. The Balaban J connectivity index is 2.69. The van der Waals surface area contributed by atoms with E-state index in [1.54, 1.807) is 6.20 Å². The van der Waals surface area contributed by atoms with Gasteiger partial charge in [-0.1, -0.05) is 12.2 Å². The van der Waals surface area contributed by atoms with Gasteiger partial charge in [-0.25, -0.2) is 4.98 Å². The second-order valence-corrected chi connectivity index (χ2v) is 4.32. The van der Waals surface area contributed by atoms with Crippen molar-refractivity contribution in [2.24, 2.45) is 0 Å². The predicted molar refractivity (Wildman–Crippen MR) is 59.4 cm³/mol. The number of likely N-dealkylation sites (N-methyl/N-ethyl adjacent to an activating group) is 1. The van der Waals surface area contributed by atoms with Gasteiger partial charge >= 0.3 is 0 Å². The molecule has 0 bridgehead atoms. The van der Waals surface area contributed by atoms with Crippen molar-refractivity contribution in [3.8, 4) is 0 Å². The lowest BCUT2D eigenvalue weighted by atomic mass is 10.4. The molecule has 1 aromatic rings. The quantitative estimate of drug-likeness (QED) is 0.845. The van der Waals surface area contributed by atoms with E-state index in [-0.39, 0.29) is 0 Å². The standard InChI is InChI=1S/C8H12BrN3S/c1-12(2)4-3-7-10-5-6(9)8(13)11-7/h5H,3-4H2,1-2H3,(H,10,11,13). The maximum atomic E-state index is 5.06. The lowest BCUT2D eigenvalue weighted by molar-refractivity contribution is 0.409. The number of aromatic nitrogens is 2. The van der Waals surface area contributed by atoms with Crippen molar-refractivity contribution in [1.29, 1.82) is 0 Å². The molecule has 72 valence electrons. The monoisotopic (exact) mass is 261 g/mol. The fraction of sp³-hybridized carbons (Fsp3) is 0.500. The molecule has 0 aliphatic carbocycles. The van der Waals surface area contributed by atoms with Crippen molar-refractivity contribution in [3.63, 3.8) is 0 Å². The van der Waals surface area contributed by atoms with E-state index >= 15 is 0 Å². The number of hydrogen-bond acceptors (Lipinski definition) is 3. The minimum absolute atomic E-state index is 0.712. The maximum Gasteiger partial charge on any atom is 0.120 e. The summed E-state index contributed by atoms with van der Waals surface area (Å²) in [5.41, 5.74) is 0. The third kappa shape index (κ3) is 3.54. The summed E-state index contributed by atoms with van der Waals surface area (Å²) >= 11 is 8.37. The van der Waals surface area contributed by atoms with E-state index in [0.717, 1.165) is 23.3 Å². The molecule has 3 nitrogen and oxygen atoms in total. The van der Waals surface area contributed by atoms with Crippen molar-refractivity contribution < 1.29 is 0 Å². The predicted octanol–water partition coefficient (Wildman–Crippen LogP) is 2.01. The zero-order chi connectivity index (χ0) is 9.84. The summed E-state index contributed by atoms with van der Waals surface area (Å²) in [6, 6.07) is 0. The average molecular weight is 262 g/mol. The molecule has 0 amide bonds. The van der Waals surface area contributed by atoms with Crippen LogP contribution in [0.1, 0.15) is 5.82 Å². The van der Waals surface area contributed by atoms with Crippen LogP contribution >= 0.6 is 28.1 Å². The number of H-pyrrole nitrogens is 1. The van der Waals surface area contributed by atoms with Gasteiger partial charge in [0.05, 0.1) is 4.47 Å². The molecule has 0 aliphatic rings. The summed E-state index contributed by atoms with van der Waals surface area (Å²) < 4.78 is 1.56. The van der Waals surface area contributed by atoms with Crippen molar-refractivity contribution in [1.82, 2.24) is 14.9 Å². The van der Waals surface area contributed by atoms with Crippen LogP contribution in [-0.4, -0.2) is 35.5 Å². The second kappa shape index (κ2) is 4.83. The van der Waals surface area contributed by atoms with E-state index in [0.29, 0.717) is 4.64 Å². The van der Waals surface area contributed by atoms with Crippen LogP contribution in [0.3, 0.4) is 0 Å². The topological polar surface area (TPSA) is 31.9 Å². The van der Waals surface area contributed by atoms with Crippen LogP contribution in [-0.2, 0) is 6.42 Å². The Hall–Kier alpha value is -0.260. The van der Waals surface area contributed by atoms with E-state index in [1.165, 1.54) is 0 Å². The molecule has 0 fully saturated rings. The minimum atomic E-state index is 0.712. The molecule has 0 saturated carbocycles. The van der Waals surface area contributed by atoms with Crippen LogP contribution in [0.25, 0.3) is 0 Å². The summed E-state index contributed by atoms with van der Waals surface area (Å²) in [6.07, 6.45) is 2.63. The van der Waals surface area contributed by atoms with E-state index in [1.807, 2.05) is 14.1 Å². The Labute approximate surface area is 91.3 Å². The lowest BCUT2D eigenvalue weighted by Gasteiger charge is -2.08. The zero-order valence-corrected chi connectivity index (χ0v) is 10.1. The molecule has 1 aromatic heterocycles. The number of hydrogen-bond donors (Lipinski definition) is 1. The molecule has 0 atom stereocenters. The van der Waals surface area contributed by atoms with Gasteiger partial charge in [0.2, 0.25) is 0 Å². The first-order chi connectivity index (χ1) is 6.09. The van der Waals surface area contributed by atoms with Gasteiger partial charge in [-0.2, -0.15) is 0 Å². The number of nitrogens with zero attached hydrogens (tertiary/aromatic N) is 2. The first kappa shape index (κ1) is 10.8. The van der Waals surface area contributed by atoms with Crippen molar-refractivity contribution in [2.75, 3.05) is 20.6 Å². The molecule has 0 spiro atoms. The van der Waals surface area contributed by atoms with E-state index in [4.69, 9.17) is 12.2 Å². The highest BCUT2D eigenvalue weighted by Crippen LogP contribution is 2.08. The van der Waals surface area contributed by atoms with Crippen LogP contribution in [0.15, 0.2) is 10.7 Å². The van der Waals surface area contributed by atoms with Crippen LogP contribution in [0.2, 0.25) is 0 Å². The van der Waals surface area contributed by atoms with Gasteiger partial charge in [0.1, 0.15) is 10.5 Å². The number of nitrogens with one attached hydrogen (secondary N) is 1. The summed E-state index contributed by atoms with van der Waals surface area (Å²) in [4.78, 5) is 9.39. The highest BCUT2D eigenvalue weighted by atomic mass is 79.9. The summed E-state index contributed by atoms with van der Waals surface area (Å²) in [6.45, 7) is 0.972. The third-order valence-electron chi connectivity index (χ3n) is 1.60. The highest BCUT2D eigenvalue weighted by molar-refractivity contribution is 9.10. The van der Waals surface area contributed by atoms with Crippen LogP contribution in [0, 0.1) is 4.64 Å². The number of halogens is 1. The van der Waals surface area contributed by atoms with Crippen LogP contribution in [0.4, 0.5) is 0 Å². The van der Waals surface area contributed by atoms with E-state index in [2.05, 4.69) is 30.8 Å². The third-order valence-corrected chi connectivity index (χ3v) is 2.79. The smallest absolute Gasteiger partial charge is 0.120 e.